The standard InChI is InChI=1S/C19H25N3O2S/c1-22-8-4-14(5-9-22)18(23)21-19-20-16-3-2-15(12-17(16)25-19)13-6-10-24-11-7-13/h2-3,12-14H,4-11H2,1H3,(H,20,21,23). The van der Waals surface area contributed by atoms with E-state index in [0.717, 1.165) is 67.3 Å². The van der Waals surface area contributed by atoms with Gasteiger partial charge in [0.1, 0.15) is 0 Å². The minimum Gasteiger partial charge on any atom is -0.381 e. The van der Waals surface area contributed by atoms with Crippen LogP contribution >= 0.6 is 11.3 Å². The monoisotopic (exact) mass is 359 g/mol. The molecule has 1 amide bonds. The number of nitrogens with one attached hydrogen (secondary N) is 1. The number of hydrogen-bond donors (Lipinski definition) is 1. The number of thiazole rings is 1. The van der Waals surface area contributed by atoms with Gasteiger partial charge in [0, 0.05) is 19.1 Å². The number of likely N-dealkylation sites (tertiary alicyclic amines) is 1. The molecule has 0 atom stereocenters. The summed E-state index contributed by atoms with van der Waals surface area (Å²) in [5.74, 6) is 0.815. The van der Waals surface area contributed by atoms with E-state index in [2.05, 4.69) is 40.4 Å². The summed E-state index contributed by atoms with van der Waals surface area (Å²) < 4.78 is 6.62. The lowest BCUT2D eigenvalue weighted by atomic mass is 9.92. The van der Waals surface area contributed by atoms with Crippen molar-refractivity contribution in [3.63, 3.8) is 0 Å². The lowest BCUT2D eigenvalue weighted by molar-refractivity contribution is -0.121. The van der Waals surface area contributed by atoms with Gasteiger partial charge in [-0.05, 0) is 69.4 Å². The van der Waals surface area contributed by atoms with Crippen molar-refractivity contribution in [3.8, 4) is 0 Å². The molecule has 5 nitrogen and oxygen atoms in total. The van der Waals surface area contributed by atoms with Crippen LogP contribution in [-0.2, 0) is 9.53 Å². The summed E-state index contributed by atoms with van der Waals surface area (Å²) in [5.41, 5.74) is 2.34. The normalized spacial score (nSPS) is 20.8. The molecule has 6 heteroatoms. The summed E-state index contributed by atoms with van der Waals surface area (Å²) in [6.07, 6.45) is 4.04. The predicted molar refractivity (Wildman–Crippen MR) is 101 cm³/mol. The third-order valence-electron chi connectivity index (χ3n) is 5.42. The molecule has 1 N–H and O–H groups in total. The first kappa shape index (κ1) is 16.9. The van der Waals surface area contributed by atoms with E-state index in [-0.39, 0.29) is 11.8 Å². The van der Waals surface area contributed by atoms with Gasteiger partial charge in [-0.15, -0.1) is 0 Å². The first-order chi connectivity index (χ1) is 12.2. The summed E-state index contributed by atoms with van der Waals surface area (Å²) in [5, 5.41) is 3.77. The summed E-state index contributed by atoms with van der Waals surface area (Å²) in [4.78, 5) is 19.4. The van der Waals surface area contributed by atoms with Crippen molar-refractivity contribution >= 4 is 32.6 Å². The van der Waals surface area contributed by atoms with Crippen molar-refractivity contribution in [2.45, 2.75) is 31.6 Å². The topological polar surface area (TPSA) is 54.5 Å². The molecule has 0 spiro atoms. The number of rotatable bonds is 3. The van der Waals surface area contributed by atoms with Crippen molar-refractivity contribution in [1.82, 2.24) is 9.88 Å². The zero-order valence-corrected chi connectivity index (χ0v) is 15.5. The van der Waals surface area contributed by atoms with Crippen LogP contribution in [0.25, 0.3) is 10.2 Å². The molecule has 134 valence electrons. The molecule has 0 saturated carbocycles. The number of piperidine rings is 1. The first-order valence-electron chi connectivity index (χ1n) is 9.16. The zero-order valence-electron chi connectivity index (χ0n) is 14.7. The smallest absolute Gasteiger partial charge is 0.229 e. The highest BCUT2D eigenvalue weighted by Crippen LogP contribution is 2.33. The molecule has 1 aromatic carbocycles. The maximum absolute atomic E-state index is 12.5. The maximum atomic E-state index is 12.5. The van der Waals surface area contributed by atoms with E-state index < -0.39 is 0 Å². The van der Waals surface area contributed by atoms with E-state index in [4.69, 9.17) is 4.74 Å². The molecule has 0 unspecified atom stereocenters. The molecule has 4 rings (SSSR count). The van der Waals surface area contributed by atoms with Crippen LogP contribution in [0.15, 0.2) is 18.2 Å². The largest absolute Gasteiger partial charge is 0.381 e. The van der Waals surface area contributed by atoms with Crippen LogP contribution in [0, 0.1) is 5.92 Å². The summed E-state index contributed by atoms with van der Waals surface area (Å²) in [7, 11) is 2.11. The van der Waals surface area contributed by atoms with E-state index >= 15 is 0 Å². The average Bonchev–Trinajstić information content (AvgIpc) is 3.04. The molecule has 2 aromatic rings. The van der Waals surface area contributed by atoms with Crippen molar-refractivity contribution in [3.05, 3.63) is 23.8 Å². The molecular formula is C19H25N3O2S. The van der Waals surface area contributed by atoms with Crippen molar-refractivity contribution < 1.29 is 9.53 Å². The Balaban J connectivity index is 1.46. The lowest BCUT2D eigenvalue weighted by Crippen LogP contribution is -2.35. The number of benzene rings is 1. The van der Waals surface area contributed by atoms with Gasteiger partial charge in [0.2, 0.25) is 5.91 Å². The van der Waals surface area contributed by atoms with E-state index in [1.165, 1.54) is 5.56 Å². The molecule has 0 radical (unpaired) electrons. The second-order valence-corrected chi connectivity index (χ2v) is 8.23. The lowest BCUT2D eigenvalue weighted by Gasteiger charge is -2.27. The van der Waals surface area contributed by atoms with Gasteiger partial charge in [0.05, 0.1) is 10.2 Å². The van der Waals surface area contributed by atoms with Gasteiger partial charge in [-0.2, -0.15) is 0 Å². The molecule has 1 aromatic heterocycles. The third-order valence-corrected chi connectivity index (χ3v) is 6.36. The molecule has 25 heavy (non-hydrogen) atoms. The SMILES string of the molecule is CN1CCC(C(=O)Nc2nc3ccc(C4CCOCC4)cc3s2)CC1. The Kier molecular flexibility index (Phi) is 5.01. The van der Waals surface area contributed by atoms with Crippen molar-refractivity contribution in [2.75, 3.05) is 38.7 Å². The van der Waals surface area contributed by atoms with Crippen LogP contribution < -0.4 is 5.32 Å². The van der Waals surface area contributed by atoms with Gasteiger partial charge in [-0.25, -0.2) is 4.98 Å². The summed E-state index contributed by atoms with van der Waals surface area (Å²) in [6, 6.07) is 6.51. The number of ether oxygens (including phenoxy) is 1. The summed E-state index contributed by atoms with van der Waals surface area (Å²) in [6.45, 7) is 3.69. The predicted octanol–water partition coefficient (Wildman–Crippen LogP) is 3.47. The number of carbonyl (C=O) groups is 1. The highest BCUT2D eigenvalue weighted by Gasteiger charge is 2.24. The molecule has 2 fully saturated rings. The summed E-state index contributed by atoms with van der Waals surface area (Å²) >= 11 is 1.58. The Bertz CT molecular complexity index is 746. The quantitative estimate of drug-likeness (QED) is 0.912. The van der Waals surface area contributed by atoms with E-state index in [1.807, 2.05) is 0 Å². The second kappa shape index (κ2) is 7.40. The van der Waals surface area contributed by atoms with Crippen molar-refractivity contribution in [1.29, 1.82) is 0 Å². The van der Waals surface area contributed by atoms with Crippen LogP contribution in [0.3, 0.4) is 0 Å². The van der Waals surface area contributed by atoms with Gasteiger partial charge in [-0.1, -0.05) is 17.4 Å². The Labute approximate surface area is 152 Å². The second-order valence-electron chi connectivity index (χ2n) is 7.20. The number of fused-ring (bicyclic) bond motifs is 1. The number of carbonyl (C=O) groups excluding carboxylic acids is 1. The number of amides is 1. The van der Waals surface area contributed by atoms with Crippen LogP contribution in [0.4, 0.5) is 5.13 Å². The van der Waals surface area contributed by atoms with E-state index in [9.17, 15) is 4.79 Å². The Morgan fingerprint density at radius 2 is 2.00 bits per heavy atom. The van der Waals surface area contributed by atoms with Gasteiger partial charge in [0.15, 0.2) is 5.13 Å². The highest BCUT2D eigenvalue weighted by atomic mass is 32.1. The zero-order chi connectivity index (χ0) is 17.2. The van der Waals surface area contributed by atoms with Crippen LogP contribution in [0.1, 0.15) is 37.2 Å². The Morgan fingerprint density at radius 3 is 2.76 bits per heavy atom. The van der Waals surface area contributed by atoms with Crippen molar-refractivity contribution in [2.24, 2.45) is 5.92 Å². The van der Waals surface area contributed by atoms with Gasteiger partial charge in [0.25, 0.3) is 0 Å². The first-order valence-corrected chi connectivity index (χ1v) is 9.98. The molecule has 3 heterocycles. The number of hydrogen-bond acceptors (Lipinski definition) is 5. The highest BCUT2D eigenvalue weighted by molar-refractivity contribution is 7.22. The molecule has 2 aliphatic heterocycles. The number of nitrogens with zero attached hydrogens (tertiary/aromatic N) is 2. The maximum Gasteiger partial charge on any atom is 0.229 e. The Morgan fingerprint density at radius 1 is 1.24 bits per heavy atom. The Hall–Kier alpha value is -1.50. The minimum absolute atomic E-state index is 0.112. The van der Waals surface area contributed by atoms with E-state index in [0.29, 0.717) is 5.92 Å². The fourth-order valence-corrected chi connectivity index (χ4v) is 4.67. The van der Waals surface area contributed by atoms with Gasteiger partial charge >= 0.3 is 0 Å². The molecule has 2 saturated heterocycles. The third kappa shape index (κ3) is 3.86. The van der Waals surface area contributed by atoms with Gasteiger partial charge in [-0.3, -0.25) is 4.79 Å². The van der Waals surface area contributed by atoms with Crippen LogP contribution in [0.5, 0.6) is 0 Å². The molecule has 0 bridgehead atoms. The fourth-order valence-electron chi connectivity index (χ4n) is 3.76. The van der Waals surface area contributed by atoms with Crippen LogP contribution in [-0.4, -0.2) is 49.1 Å². The molecular weight excluding hydrogens is 334 g/mol. The average molecular weight is 359 g/mol. The van der Waals surface area contributed by atoms with Crippen LogP contribution in [0.2, 0.25) is 0 Å². The van der Waals surface area contributed by atoms with Gasteiger partial charge < -0.3 is 15.0 Å². The molecule has 0 aliphatic carbocycles. The number of aromatic nitrogens is 1. The van der Waals surface area contributed by atoms with E-state index in [1.54, 1.807) is 11.3 Å². The minimum atomic E-state index is 0.112. The fraction of sp³-hybridized carbons (Fsp3) is 0.579. The molecule has 2 aliphatic rings. The number of anilines is 1.